The number of hydrogen-bond donors (Lipinski definition) is 0. The van der Waals surface area contributed by atoms with Crippen LogP contribution in [0.4, 0.5) is 0 Å². The summed E-state index contributed by atoms with van der Waals surface area (Å²) in [4.78, 5) is 36.3. The lowest BCUT2D eigenvalue weighted by Crippen LogP contribution is -2.65. The standard InChI is InChI=1S/C42H54N2O2/c1-22-19-44-21-27-7-8-30-34-24(10-13-41(34)36(45)28(22)15-33(44)39(27,41)4)9-12-40(30)17-25-5-6-26-20-43-18-23(2)29-16-32(43)38(26,3)42(37(29)46)14-11-31(40)35(25)42/h10,22-23,25-29,32-33H,5-9,11-21H2,1-4H3/t22-,23-,25-,26-,27-,28?,29-,32-,33-,38-,39-,40-,41+,42+/m1/s1. The topological polar surface area (TPSA) is 40.6 Å². The number of carbonyl (C=O) groups excluding carboxylic acids is 2. The van der Waals surface area contributed by atoms with Crippen LogP contribution in [0.5, 0.6) is 0 Å². The molecule has 1 unspecified atom stereocenters. The number of nitrogens with zero attached hydrogens (tertiary/aromatic N) is 2. The SMILES string of the molecule is C[C@@H]1CN2C[C@H]3CCC4=C5C(=CC[C@@]56C(=O)C1C[C@@H]2[C@@]36C)CC[C@@]41C[C@H]2CC[C@@H]3CN4C[C@@H](C)[C@H]5C[C@@H]4[C@]3(C)[C@]3(CCC1=C23)C5=O. The first-order valence-corrected chi connectivity index (χ1v) is 19.9. The lowest BCUT2D eigenvalue weighted by molar-refractivity contribution is -0.157. The van der Waals surface area contributed by atoms with E-state index in [0.29, 0.717) is 53.2 Å². The van der Waals surface area contributed by atoms with Gasteiger partial charge in [0, 0.05) is 66.3 Å². The number of piperidine rings is 2. The molecule has 4 bridgehead atoms. The largest absolute Gasteiger partial charge is 0.299 e. The van der Waals surface area contributed by atoms with E-state index >= 15 is 9.59 Å². The second-order valence-electron chi connectivity index (χ2n) is 19.9. The fraction of sp³-hybridized carbons (Fsp3) is 0.810. The monoisotopic (exact) mass is 618 g/mol. The Morgan fingerprint density at radius 1 is 0.717 bits per heavy atom. The van der Waals surface area contributed by atoms with Crippen LogP contribution in [0.1, 0.15) is 105 Å². The molecule has 46 heavy (non-hydrogen) atoms. The molecule has 4 nitrogen and oxygen atoms in total. The van der Waals surface area contributed by atoms with Crippen LogP contribution in [0.2, 0.25) is 0 Å². The van der Waals surface area contributed by atoms with Crippen molar-refractivity contribution in [2.24, 2.45) is 68.5 Å². The van der Waals surface area contributed by atoms with Crippen molar-refractivity contribution in [3.63, 3.8) is 0 Å². The zero-order valence-electron chi connectivity index (χ0n) is 28.8. The summed E-state index contributed by atoms with van der Waals surface area (Å²) in [5.74, 6) is 4.69. The van der Waals surface area contributed by atoms with Gasteiger partial charge in [-0.15, -0.1) is 0 Å². The lowest BCUT2D eigenvalue weighted by Gasteiger charge is -2.60. The summed E-state index contributed by atoms with van der Waals surface area (Å²) in [7, 11) is 0. The van der Waals surface area contributed by atoms with E-state index in [4.69, 9.17) is 0 Å². The summed E-state index contributed by atoms with van der Waals surface area (Å²) in [6.07, 6.45) is 16.8. The smallest absolute Gasteiger partial charge is 0.147 e. The highest BCUT2D eigenvalue weighted by atomic mass is 16.1. The number of allylic oxidation sites excluding steroid dienone is 6. The molecule has 3 spiro atoms. The van der Waals surface area contributed by atoms with Crippen LogP contribution in [0.25, 0.3) is 0 Å². The molecule has 8 aliphatic carbocycles. The molecule has 3 saturated carbocycles. The molecule has 12 aliphatic rings. The highest BCUT2D eigenvalue weighted by molar-refractivity contribution is 5.97. The average Bonchev–Trinajstić information content (AvgIpc) is 3.79. The third-order valence-electron chi connectivity index (χ3n) is 19.4. The quantitative estimate of drug-likeness (QED) is 0.270. The Morgan fingerprint density at radius 2 is 1.37 bits per heavy atom. The van der Waals surface area contributed by atoms with E-state index in [1.165, 1.54) is 51.6 Å². The van der Waals surface area contributed by atoms with Crippen molar-refractivity contribution in [2.75, 3.05) is 26.2 Å². The minimum Gasteiger partial charge on any atom is -0.299 e. The van der Waals surface area contributed by atoms with Gasteiger partial charge in [0.25, 0.3) is 0 Å². The lowest BCUT2D eigenvalue weighted by atomic mass is 9.44. The molecule has 0 aromatic rings. The predicted octanol–water partition coefficient (Wildman–Crippen LogP) is 7.15. The molecule has 4 heterocycles. The molecule has 4 saturated heterocycles. The third kappa shape index (κ3) is 2.43. The molecule has 12 rings (SSSR count). The molecule has 0 N–H and O–H groups in total. The Bertz CT molecular complexity index is 1670. The zero-order chi connectivity index (χ0) is 30.9. The van der Waals surface area contributed by atoms with Gasteiger partial charge in [0.05, 0.1) is 10.8 Å². The minimum absolute atomic E-state index is 0.0626. The fourth-order valence-electron chi connectivity index (χ4n) is 17.7. The summed E-state index contributed by atoms with van der Waals surface area (Å²) in [5.41, 5.74) is 8.22. The third-order valence-corrected chi connectivity index (χ3v) is 19.4. The van der Waals surface area contributed by atoms with Crippen LogP contribution in [0.3, 0.4) is 0 Å². The van der Waals surface area contributed by atoms with E-state index in [9.17, 15) is 0 Å². The molecule has 14 atom stereocenters. The van der Waals surface area contributed by atoms with Crippen molar-refractivity contribution in [1.29, 1.82) is 0 Å². The highest BCUT2D eigenvalue weighted by Gasteiger charge is 2.78. The van der Waals surface area contributed by atoms with Gasteiger partial charge in [-0.2, -0.15) is 0 Å². The normalized spacial score (nSPS) is 58.9. The molecule has 244 valence electrons. The molecule has 0 aromatic heterocycles. The molecule has 4 aliphatic heterocycles. The molecule has 0 radical (unpaired) electrons. The first-order valence-electron chi connectivity index (χ1n) is 19.9. The van der Waals surface area contributed by atoms with Gasteiger partial charge in [-0.05, 0) is 118 Å². The number of rotatable bonds is 0. The Morgan fingerprint density at radius 3 is 2.09 bits per heavy atom. The maximum atomic E-state index is 15.3. The highest BCUT2D eigenvalue weighted by Crippen LogP contribution is 2.80. The Hall–Kier alpha value is -1.52. The molecule has 4 heteroatoms. The average molecular weight is 619 g/mol. The van der Waals surface area contributed by atoms with Gasteiger partial charge in [0.2, 0.25) is 0 Å². The molecular weight excluding hydrogens is 564 g/mol. The zero-order valence-corrected chi connectivity index (χ0v) is 28.8. The molecule has 0 aromatic carbocycles. The predicted molar refractivity (Wildman–Crippen MR) is 178 cm³/mol. The summed E-state index contributed by atoms with van der Waals surface area (Å²) in [5, 5.41) is 0. The van der Waals surface area contributed by atoms with Crippen LogP contribution in [-0.2, 0) is 9.59 Å². The van der Waals surface area contributed by atoms with Crippen molar-refractivity contribution >= 4 is 11.6 Å². The van der Waals surface area contributed by atoms with E-state index in [1.54, 1.807) is 27.9 Å². The molecule has 7 fully saturated rings. The van der Waals surface area contributed by atoms with Gasteiger partial charge in [-0.25, -0.2) is 0 Å². The maximum absolute atomic E-state index is 15.3. The van der Waals surface area contributed by atoms with Gasteiger partial charge in [0.1, 0.15) is 11.6 Å². The van der Waals surface area contributed by atoms with E-state index in [-0.39, 0.29) is 38.9 Å². The van der Waals surface area contributed by atoms with Crippen LogP contribution in [-0.4, -0.2) is 59.6 Å². The number of hydrogen-bond acceptors (Lipinski definition) is 4. The van der Waals surface area contributed by atoms with Gasteiger partial charge in [0.15, 0.2) is 0 Å². The first-order chi connectivity index (χ1) is 22.1. The number of fused-ring (bicyclic) bond motifs is 4. The number of Topliss-reactive ketones (excluding diaryl/α,β-unsaturated/α-hetero) is 2. The van der Waals surface area contributed by atoms with E-state index in [0.717, 1.165) is 51.6 Å². The van der Waals surface area contributed by atoms with E-state index < -0.39 is 0 Å². The maximum Gasteiger partial charge on any atom is 0.147 e. The van der Waals surface area contributed by atoms with Gasteiger partial charge in [-0.3, -0.25) is 19.4 Å². The van der Waals surface area contributed by atoms with Crippen LogP contribution < -0.4 is 0 Å². The Balaban J connectivity index is 1.10. The number of carbonyl (C=O) groups is 2. The second-order valence-corrected chi connectivity index (χ2v) is 19.9. The summed E-state index contributed by atoms with van der Waals surface area (Å²) in [6, 6.07) is 1.17. The van der Waals surface area contributed by atoms with Crippen molar-refractivity contribution in [2.45, 2.75) is 117 Å². The summed E-state index contributed by atoms with van der Waals surface area (Å²) >= 11 is 0. The van der Waals surface area contributed by atoms with Gasteiger partial charge < -0.3 is 0 Å². The molecule has 0 amide bonds. The van der Waals surface area contributed by atoms with Crippen molar-refractivity contribution in [3.05, 3.63) is 33.9 Å². The van der Waals surface area contributed by atoms with Crippen molar-refractivity contribution < 1.29 is 9.59 Å². The van der Waals surface area contributed by atoms with Crippen LogP contribution >= 0.6 is 0 Å². The van der Waals surface area contributed by atoms with Crippen LogP contribution in [0, 0.1) is 68.5 Å². The first kappa shape index (κ1) is 27.3. The minimum atomic E-state index is -0.300. The Kier molecular flexibility index (Phi) is 4.71. The van der Waals surface area contributed by atoms with Crippen molar-refractivity contribution in [3.8, 4) is 0 Å². The van der Waals surface area contributed by atoms with Crippen LogP contribution in [0.15, 0.2) is 33.9 Å². The second kappa shape index (κ2) is 7.93. The summed E-state index contributed by atoms with van der Waals surface area (Å²) in [6.45, 7) is 14.7. The van der Waals surface area contributed by atoms with E-state index in [2.05, 4.69) is 43.6 Å². The van der Waals surface area contributed by atoms with Crippen molar-refractivity contribution in [1.82, 2.24) is 9.80 Å². The van der Waals surface area contributed by atoms with Gasteiger partial charge in [-0.1, -0.05) is 50.5 Å². The number of ketones is 2. The summed E-state index contributed by atoms with van der Waals surface area (Å²) < 4.78 is 0. The fourth-order valence-corrected chi connectivity index (χ4v) is 17.7. The van der Waals surface area contributed by atoms with Gasteiger partial charge >= 0.3 is 0 Å². The molecular formula is C42H54N2O2. The Labute approximate surface area is 275 Å². The van der Waals surface area contributed by atoms with E-state index in [1.807, 2.05) is 0 Å².